The summed E-state index contributed by atoms with van der Waals surface area (Å²) in [5.41, 5.74) is 3.96. The van der Waals surface area contributed by atoms with Gasteiger partial charge in [-0.1, -0.05) is 6.08 Å². The van der Waals surface area contributed by atoms with Gasteiger partial charge in [-0.05, 0) is 37.5 Å². The molecule has 1 aliphatic heterocycles. The van der Waals surface area contributed by atoms with E-state index >= 15 is 0 Å². The first-order chi connectivity index (χ1) is 9.15. The average Bonchev–Trinajstić information content (AvgIpc) is 2.39. The number of aryl methyl sites for hydroxylation is 2. The minimum Gasteiger partial charge on any atom is -0.380 e. The van der Waals surface area contributed by atoms with Crippen LogP contribution in [0.2, 0.25) is 0 Å². The maximum Gasteiger partial charge on any atom is 0.147 e. The number of methoxy groups -OCH3 is 1. The van der Waals surface area contributed by atoms with Gasteiger partial charge in [-0.2, -0.15) is 5.26 Å². The average molecular weight is 257 g/mol. The van der Waals surface area contributed by atoms with Crippen molar-refractivity contribution in [1.82, 2.24) is 4.98 Å². The Kier molecular flexibility index (Phi) is 4.18. The van der Waals surface area contributed by atoms with Gasteiger partial charge in [-0.25, -0.2) is 4.98 Å². The van der Waals surface area contributed by atoms with Crippen LogP contribution in [0.15, 0.2) is 17.7 Å². The lowest BCUT2D eigenvalue weighted by atomic mass is 10.1. The number of nitrogens with zero attached hydrogens (tertiary/aromatic N) is 3. The highest BCUT2D eigenvalue weighted by Gasteiger charge is 2.18. The van der Waals surface area contributed by atoms with Gasteiger partial charge in [0, 0.05) is 25.9 Å². The van der Waals surface area contributed by atoms with E-state index in [4.69, 9.17) is 4.74 Å². The first-order valence-electron chi connectivity index (χ1n) is 6.46. The molecule has 0 amide bonds. The van der Waals surface area contributed by atoms with E-state index in [1.165, 1.54) is 5.57 Å². The fourth-order valence-corrected chi connectivity index (χ4v) is 2.40. The zero-order valence-electron chi connectivity index (χ0n) is 11.7. The summed E-state index contributed by atoms with van der Waals surface area (Å²) in [7, 11) is 1.71. The van der Waals surface area contributed by atoms with Gasteiger partial charge in [0.15, 0.2) is 0 Å². The zero-order chi connectivity index (χ0) is 13.8. The van der Waals surface area contributed by atoms with E-state index in [2.05, 4.69) is 22.0 Å². The van der Waals surface area contributed by atoms with Crippen molar-refractivity contribution in [2.45, 2.75) is 20.3 Å². The topological polar surface area (TPSA) is 49.1 Å². The molecule has 100 valence electrons. The van der Waals surface area contributed by atoms with E-state index in [0.29, 0.717) is 12.2 Å². The summed E-state index contributed by atoms with van der Waals surface area (Å²) in [4.78, 5) is 6.71. The van der Waals surface area contributed by atoms with Crippen molar-refractivity contribution in [2.24, 2.45) is 0 Å². The Bertz CT molecular complexity index is 543. The van der Waals surface area contributed by atoms with Crippen molar-refractivity contribution < 1.29 is 4.74 Å². The normalized spacial score (nSPS) is 15.1. The van der Waals surface area contributed by atoms with Crippen LogP contribution in [-0.4, -0.2) is 31.8 Å². The maximum atomic E-state index is 9.30. The first kappa shape index (κ1) is 13.6. The molecule has 1 aliphatic rings. The molecule has 4 heteroatoms. The molecule has 0 fully saturated rings. The summed E-state index contributed by atoms with van der Waals surface area (Å²) in [6.45, 7) is 6.31. The second kappa shape index (κ2) is 5.85. The number of aromatic nitrogens is 1. The molecule has 0 N–H and O–H groups in total. The van der Waals surface area contributed by atoms with E-state index in [1.807, 2.05) is 19.9 Å². The molecule has 4 nitrogen and oxygen atoms in total. The Morgan fingerprint density at radius 3 is 2.84 bits per heavy atom. The molecule has 2 heterocycles. The number of ether oxygens (including phenoxy) is 1. The standard InChI is InChI=1S/C15H19N3O/c1-11-8-12(2)17-15(14(11)9-16)18-6-4-13(5-7-18)10-19-3/h4,8H,5-7,10H2,1-3H3. The molecular weight excluding hydrogens is 238 g/mol. The van der Waals surface area contributed by atoms with Crippen LogP contribution in [0.25, 0.3) is 0 Å². The highest BCUT2D eigenvalue weighted by atomic mass is 16.5. The molecule has 1 aromatic heterocycles. The SMILES string of the molecule is COCC1=CCN(c2nc(C)cc(C)c2C#N)CC1. The number of pyridine rings is 1. The van der Waals surface area contributed by atoms with Gasteiger partial charge in [-0.3, -0.25) is 0 Å². The maximum absolute atomic E-state index is 9.30. The van der Waals surface area contributed by atoms with Crippen LogP contribution >= 0.6 is 0 Å². The molecule has 0 atom stereocenters. The van der Waals surface area contributed by atoms with Crippen LogP contribution in [0, 0.1) is 25.2 Å². The third-order valence-corrected chi connectivity index (χ3v) is 3.37. The van der Waals surface area contributed by atoms with Crippen LogP contribution < -0.4 is 4.90 Å². The van der Waals surface area contributed by atoms with Gasteiger partial charge >= 0.3 is 0 Å². The van der Waals surface area contributed by atoms with Crippen molar-refractivity contribution in [1.29, 1.82) is 5.26 Å². The summed E-state index contributed by atoms with van der Waals surface area (Å²) in [5.74, 6) is 0.813. The van der Waals surface area contributed by atoms with Crippen LogP contribution in [0.3, 0.4) is 0 Å². The molecule has 0 spiro atoms. The summed E-state index contributed by atoms with van der Waals surface area (Å²) >= 11 is 0. The van der Waals surface area contributed by atoms with Gasteiger partial charge < -0.3 is 9.64 Å². The van der Waals surface area contributed by atoms with Gasteiger partial charge in [0.2, 0.25) is 0 Å². The fraction of sp³-hybridized carbons (Fsp3) is 0.467. The summed E-state index contributed by atoms with van der Waals surface area (Å²) < 4.78 is 5.15. The molecular formula is C15H19N3O. The van der Waals surface area contributed by atoms with Crippen LogP contribution in [0.1, 0.15) is 23.2 Å². The lowest BCUT2D eigenvalue weighted by Gasteiger charge is -2.28. The number of hydrogen-bond donors (Lipinski definition) is 0. The highest BCUT2D eigenvalue weighted by Crippen LogP contribution is 2.24. The minimum atomic E-state index is 0.689. The van der Waals surface area contributed by atoms with Gasteiger partial charge in [0.05, 0.1) is 12.2 Å². The van der Waals surface area contributed by atoms with Gasteiger partial charge in [0.25, 0.3) is 0 Å². The van der Waals surface area contributed by atoms with Gasteiger partial charge in [-0.15, -0.1) is 0 Å². The molecule has 0 saturated heterocycles. The van der Waals surface area contributed by atoms with Crippen molar-refractivity contribution in [3.63, 3.8) is 0 Å². The van der Waals surface area contributed by atoms with Crippen molar-refractivity contribution >= 4 is 5.82 Å². The van der Waals surface area contributed by atoms with Crippen molar-refractivity contribution in [3.05, 3.63) is 34.5 Å². The molecule has 0 unspecified atom stereocenters. The first-order valence-corrected chi connectivity index (χ1v) is 6.46. The van der Waals surface area contributed by atoms with Crippen LogP contribution in [0.4, 0.5) is 5.82 Å². The minimum absolute atomic E-state index is 0.689. The summed E-state index contributed by atoms with van der Waals surface area (Å²) in [6, 6.07) is 4.23. The second-order valence-corrected chi connectivity index (χ2v) is 4.88. The third-order valence-electron chi connectivity index (χ3n) is 3.37. The molecule has 0 bridgehead atoms. The van der Waals surface area contributed by atoms with Gasteiger partial charge in [0.1, 0.15) is 11.9 Å². The van der Waals surface area contributed by atoms with Crippen LogP contribution in [0.5, 0.6) is 0 Å². The number of anilines is 1. The number of hydrogen-bond acceptors (Lipinski definition) is 4. The summed E-state index contributed by atoms with van der Waals surface area (Å²) in [5, 5.41) is 9.30. The predicted octanol–water partition coefficient (Wildman–Crippen LogP) is 2.35. The Hall–Kier alpha value is -1.86. The molecule has 0 saturated carbocycles. The molecule has 1 aromatic rings. The number of nitriles is 1. The summed E-state index contributed by atoms with van der Waals surface area (Å²) in [6.07, 6.45) is 3.14. The fourth-order valence-electron chi connectivity index (χ4n) is 2.40. The second-order valence-electron chi connectivity index (χ2n) is 4.88. The number of rotatable bonds is 3. The van der Waals surface area contributed by atoms with Crippen molar-refractivity contribution in [2.75, 3.05) is 31.7 Å². The van der Waals surface area contributed by atoms with E-state index in [-0.39, 0.29) is 0 Å². The van der Waals surface area contributed by atoms with E-state index in [0.717, 1.165) is 36.6 Å². The Morgan fingerprint density at radius 2 is 2.26 bits per heavy atom. The van der Waals surface area contributed by atoms with E-state index in [1.54, 1.807) is 7.11 Å². The Morgan fingerprint density at radius 1 is 1.47 bits per heavy atom. The Balaban J connectivity index is 2.27. The Labute approximate surface area is 114 Å². The molecule has 2 rings (SSSR count). The molecule has 19 heavy (non-hydrogen) atoms. The predicted molar refractivity (Wildman–Crippen MR) is 75.2 cm³/mol. The zero-order valence-corrected chi connectivity index (χ0v) is 11.7. The lowest BCUT2D eigenvalue weighted by molar-refractivity contribution is 0.222. The van der Waals surface area contributed by atoms with E-state index < -0.39 is 0 Å². The molecule has 0 radical (unpaired) electrons. The smallest absolute Gasteiger partial charge is 0.147 e. The monoisotopic (exact) mass is 257 g/mol. The van der Waals surface area contributed by atoms with Crippen molar-refractivity contribution in [3.8, 4) is 6.07 Å². The largest absolute Gasteiger partial charge is 0.380 e. The van der Waals surface area contributed by atoms with Crippen LogP contribution in [-0.2, 0) is 4.74 Å². The quantitative estimate of drug-likeness (QED) is 0.780. The highest BCUT2D eigenvalue weighted by molar-refractivity contribution is 5.59. The third kappa shape index (κ3) is 2.94. The molecule has 0 aromatic carbocycles. The molecule has 0 aliphatic carbocycles. The van der Waals surface area contributed by atoms with E-state index in [9.17, 15) is 5.26 Å². The lowest BCUT2D eigenvalue weighted by Crippen LogP contribution is -2.31.